The molecule has 1 aromatic heterocycles. The number of carbonyl (C=O) groups is 2. The van der Waals surface area contributed by atoms with Crippen LogP contribution in [-0.4, -0.2) is 38.6 Å². The number of hydrogen-bond acceptors (Lipinski definition) is 6. The lowest BCUT2D eigenvalue weighted by molar-refractivity contribution is -0.139. The fourth-order valence-corrected chi connectivity index (χ4v) is 4.03. The molecule has 0 fully saturated rings. The summed E-state index contributed by atoms with van der Waals surface area (Å²) in [6, 6.07) is 1.39. The number of hydrogen-bond donors (Lipinski definition) is 2. The van der Waals surface area contributed by atoms with Crippen LogP contribution in [0.15, 0.2) is 16.3 Å². The molecule has 1 rings (SSSR count). The van der Waals surface area contributed by atoms with Crippen LogP contribution < -0.4 is 4.72 Å². The number of sulfonamides is 1. The molecule has 0 aliphatic heterocycles. The van der Waals surface area contributed by atoms with E-state index < -0.39 is 28.0 Å². The quantitative estimate of drug-likeness (QED) is 0.696. The van der Waals surface area contributed by atoms with Gasteiger partial charge in [-0.2, -0.15) is 4.72 Å². The lowest BCUT2D eigenvalue weighted by Gasteiger charge is -2.13. The van der Waals surface area contributed by atoms with E-state index in [2.05, 4.69) is 9.46 Å². The first-order valence-electron chi connectivity index (χ1n) is 6.25. The van der Waals surface area contributed by atoms with Crippen LogP contribution >= 0.6 is 11.3 Å². The van der Waals surface area contributed by atoms with Gasteiger partial charge in [0.2, 0.25) is 0 Å². The summed E-state index contributed by atoms with van der Waals surface area (Å²) in [5, 5.41) is 9.04. The summed E-state index contributed by atoms with van der Waals surface area (Å²) in [6.45, 7) is 1.88. The van der Waals surface area contributed by atoms with Crippen molar-refractivity contribution in [2.45, 2.75) is 36.4 Å². The molecule has 0 bridgehead atoms. The molecule has 0 radical (unpaired) electrons. The minimum absolute atomic E-state index is 0.120. The summed E-state index contributed by atoms with van der Waals surface area (Å²) < 4.78 is 30.8. The van der Waals surface area contributed by atoms with E-state index in [1.54, 1.807) is 0 Å². The molecule has 7 nitrogen and oxygen atoms in total. The Hall–Kier alpha value is -1.45. The Morgan fingerprint density at radius 3 is 2.62 bits per heavy atom. The summed E-state index contributed by atoms with van der Waals surface area (Å²) in [6.07, 6.45) is 1.56. The van der Waals surface area contributed by atoms with Gasteiger partial charge in [0.15, 0.2) is 0 Å². The third-order valence-corrected chi connectivity index (χ3v) is 5.70. The third-order valence-electron chi connectivity index (χ3n) is 2.67. The summed E-state index contributed by atoms with van der Waals surface area (Å²) in [5.74, 6) is -1.86. The first-order chi connectivity index (χ1) is 9.81. The average Bonchev–Trinajstić information content (AvgIpc) is 2.92. The Morgan fingerprint density at radius 1 is 1.43 bits per heavy atom. The van der Waals surface area contributed by atoms with E-state index in [-0.39, 0.29) is 15.5 Å². The van der Waals surface area contributed by atoms with Crippen LogP contribution in [0.2, 0.25) is 0 Å². The Labute approximate surface area is 127 Å². The Kier molecular flexibility index (Phi) is 6.31. The molecule has 0 aromatic carbocycles. The highest BCUT2D eigenvalue weighted by Gasteiger charge is 2.26. The van der Waals surface area contributed by atoms with Crippen LogP contribution in [0.5, 0.6) is 0 Å². The Bertz CT molecular complexity index is 607. The highest BCUT2D eigenvalue weighted by molar-refractivity contribution is 7.91. The fraction of sp³-hybridized carbons (Fsp3) is 0.500. The molecule has 21 heavy (non-hydrogen) atoms. The van der Waals surface area contributed by atoms with E-state index >= 15 is 0 Å². The molecule has 1 heterocycles. The van der Waals surface area contributed by atoms with Crippen LogP contribution in [0.25, 0.3) is 0 Å². The minimum atomic E-state index is -3.98. The number of methoxy groups -OCH3 is 1. The number of carboxylic acids is 1. The van der Waals surface area contributed by atoms with Crippen molar-refractivity contribution in [2.75, 3.05) is 7.11 Å². The van der Waals surface area contributed by atoms with E-state index in [0.29, 0.717) is 6.42 Å². The molecule has 1 aromatic rings. The molecule has 2 N–H and O–H groups in total. The van der Waals surface area contributed by atoms with Gasteiger partial charge in [0.05, 0.1) is 7.11 Å². The van der Waals surface area contributed by atoms with Gasteiger partial charge in [0.1, 0.15) is 15.1 Å². The molecular weight excluding hydrogens is 318 g/mol. The predicted molar refractivity (Wildman–Crippen MR) is 76.9 cm³/mol. The second-order valence-corrected chi connectivity index (χ2v) is 7.29. The largest absolute Gasteiger partial charge is 0.480 e. The number of rotatable bonds is 8. The van der Waals surface area contributed by atoms with Gasteiger partial charge in [0.25, 0.3) is 10.0 Å². The van der Waals surface area contributed by atoms with Gasteiger partial charge in [-0.15, -0.1) is 11.3 Å². The normalized spacial score (nSPS) is 12.9. The van der Waals surface area contributed by atoms with Crippen molar-refractivity contribution in [3.8, 4) is 0 Å². The molecule has 1 unspecified atom stereocenters. The van der Waals surface area contributed by atoms with Gasteiger partial charge < -0.3 is 9.84 Å². The van der Waals surface area contributed by atoms with Gasteiger partial charge in [-0.25, -0.2) is 13.2 Å². The summed E-state index contributed by atoms with van der Waals surface area (Å²) in [4.78, 5) is 22.5. The average molecular weight is 335 g/mol. The Morgan fingerprint density at radius 2 is 2.10 bits per heavy atom. The number of esters is 1. The van der Waals surface area contributed by atoms with Crippen molar-refractivity contribution in [1.29, 1.82) is 0 Å². The van der Waals surface area contributed by atoms with E-state index in [1.165, 1.54) is 19.2 Å². The zero-order valence-corrected chi connectivity index (χ0v) is 13.3. The maximum Gasteiger partial charge on any atom is 0.348 e. The van der Waals surface area contributed by atoms with Crippen LogP contribution in [0.4, 0.5) is 0 Å². The number of aliphatic carboxylic acids is 1. The second kappa shape index (κ2) is 7.53. The third kappa shape index (κ3) is 4.80. The van der Waals surface area contributed by atoms with Crippen molar-refractivity contribution in [2.24, 2.45) is 0 Å². The molecule has 0 aliphatic rings. The highest BCUT2D eigenvalue weighted by atomic mass is 32.2. The second-order valence-electron chi connectivity index (χ2n) is 4.26. The maximum absolute atomic E-state index is 12.1. The van der Waals surface area contributed by atoms with Gasteiger partial charge in [-0.3, -0.25) is 4.79 Å². The van der Waals surface area contributed by atoms with Crippen LogP contribution in [0.3, 0.4) is 0 Å². The van der Waals surface area contributed by atoms with Crippen molar-refractivity contribution < 1.29 is 27.9 Å². The van der Waals surface area contributed by atoms with Gasteiger partial charge in [-0.05, 0) is 18.6 Å². The molecular formula is C12H17NO6S2. The van der Waals surface area contributed by atoms with Gasteiger partial charge in [0, 0.05) is 0 Å². The number of ether oxygens (including phenoxy) is 1. The smallest absolute Gasteiger partial charge is 0.348 e. The zero-order chi connectivity index (χ0) is 16.0. The number of carboxylic acid groups (broad SMARTS) is 1. The lowest BCUT2D eigenvalue weighted by Crippen LogP contribution is -2.40. The zero-order valence-electron chi connectivity index (χ0n) is 11.7. The molecule has 1 atom stereocenters. The summed E-state index contributed by atoms with van der Waals surface area (Å²) in [7, 11) is -2.78. The highest BCUT2D eigenvalue weighted by Crippen LogP contribution is 2.22. The van der Waals surface area contributed by atoms with Crippen molar-refractivity contribution in [3.05, 3.63) is 17.0 Å². The van der Waals surface area contributed by atoms with E-state index in [9.17, 15) is 18.0 Å². The van der Waals surface area contributed by atoms with Crippen LogP contribution in [0, 0.1) is 0 Å². The SMILES string of the molecule is CCCCC(NS(=O)(=O)c1ccc(C(=O)OC)s1)C(=O)O. The predicted octanol–water partition coefficient (Wildman–Crippen LogP) is 1.46. The molecule has 0 amide bonds. The van der Waals surface area contributed by atoms with E-state index in [1.807, 2.05) is 6.92 Å². The van der Waals surface area contributed by atoms with Crippen molar-refractivity contribution in [3.63, 3.8) is 0 Å². The standard InChI is InChI=1S/C12H17NO6S2/c1-3-4-5-8(11(14)15)13-21(17,18)10-7-6-9(20-10)12(16)19-2/h6-8,13H,3-5H2,1-2H3,(H,14,15). The number of nitrogens with one attached hydrogen (secondary N) is 1. The minimum Gasteiger partial charge on any atom is -0.480 e. The maximum atomic E-state index is 12.1. The lowest BCUT2D eigenvalue weighted by atomic mass is 10.1. The number of unbranched alkanes of at least 4 members (excludes halogenated alkanes) is 1. The van der Waals surface area contributed by atoms with E-state index in [0.717, 1.165) is 17.8 Å². The first-order valence-corrected chi connectivity index (χ1v) is 8.55. The van der Waals surface area contributed by atoms with Gasteiger partial charge in [-0.1, -0.05) is 19.8 Å². The summed E-state index contributed by atoms with van der Waals surface area (Å²) >= 11 is 0.732. The first kappa shape index (κ1) is 17.6. The van der Waals surface area contributed by atoms with Crippen molar-refractivity contribution >= 4 is 33.3 Å². The molecule has 118 valence electrons. The van der Waals surface area contributed by atoms with E-state index in [4.69, 9.17) is 5.11 Å². The number of thiophene rings is 1. The van der Waals surface area contributed by atoms with Crippen LogP contribution in [-0.2, 0) is 19.6 Å². The monoisotopic (exact) mass is 335 g/mol. The topological polar surface area (TPSA) is 110 Å². The fourth-order valence-electron chi connectivity index (χ4n) is 1.56. The van der Waals surface area contributed by atoms with Gasteiger partial charge >= 0.3 is 11.9 Å². The summed E-state index contributed by atoms with van der Waals surface area (Å²) in [5.41, 5.74) is 0. The van der Waals surface area contributed by atoms with Crippen LogP contribution in [0.1, 0.15) is 35.9 Å². The number of carbonyl (C=O) groups excluding carboxylic acids is 1. The molecule has 0 saturated carbocycles. The molecule has 0 aliphatic carbocycles. The molecule has 0 saturated heterocycles. The molecule has 9 heteroatoms. The van der Waals surface area contributed by atoms with Crippen molar-refractivity contribution in [1.82, 2.24) is 4.72 Å². The molecule has 0 spiro atoms. The Balaban J connectivity index is 2.91.